The number of hydrogen-bond acceptors (Lipinski definition) is 3. The van der Waals surface area contributed by atoms with Crippen LogP contribution in [0.1, 0.15) is 12.8 Å². The molecule has 19 heavy (non-hydrogen) atoms. The van der Waals surface area contributed by atoms with Crippen LogP contribution >= 0.6 is 24.2 Å². The van der Waals surface area contributed by atoms with Crippen molar-refractivity contribution < 1.29 is 0 Å². The SMILES string of the molecule is Cl.c1ccc(SCCN2CCC3NCCC3C2)cc1. The Morgan fingerprint density at radius 3 is 2.89 bits per heavy atom. The molecule has 1 N–H and O–H groups in total. The summed E-state index contributed by atoms with van der Waals surface area (Å²) in [6.07, 6.45) is 2.73. The largest absolute Gasteiger partial charge is 0.314 e. The van der Waals surface area contributed by atoms with Gasteiger partial charge in [0.25, 0.3) is 0 Å². The molecule has 2 atom stereocenters. The van der Waals surface area contributed by atoms with Crippen molar-refractivity contribution in [2.45, 2.75) is 23.8 Å². The Morgan fingerprint density at radius 2 is 2.05 bits per heavy atom. The first-order valence-electron chi connectivity index (χ1n) is 7.05. The number of hydrogen-bond donors (Lipinski definition) is 1. The molecule has 3 rings (SSSR count). The molecule has 1 aromatic carbocycles. The van der Waals surface area contributed by atoms with E-state index < -0.39 is 0 Å². The van der Waals surface area contributed by atoms with Gasteiger partial charge in [-0.1, -0.05) is 18.2 Å². The lowest BCUT2D eigenvalue weighted by Gasteiger charge is -2.34. The number of halogens is 1. The van der Waals surface area contributed by atoms with E-state index in [4.69, 9.17) is 0 Å². The molecular formula is C15H23ClN2S. The maximum atomic E-state index is 3.63. The Kier molecular flexibility index (Phi) is 6.02. The zero-order valence-electron chi connectivity index (χ0n) is 11.3. The molecule has 2 aliphatic heterocycles. The minimum Gasteiger partial charge on any atom is -0.314 e. The van der Waals surface area contributed by atoms with Gasteiger partial charge in [0.15, 0.2) is 0 Å². The summed E-state index contributed by atoms with van der Waals surface area (Å²) < 4.78 is 0. The Hall–Kier alpha value is -0.220. The minimum atomic E-state index is 0. The lowest BCUT2D eigenvalue weighted by atomic mass is 9.93. The number of likely N-dealkylation sites (tertiary alicyclic amines) is 1. The van der Waals surface area contributed by atoms with E-state index in [1.54, 1.807) is 0 Å². The second-order valence-corrected chi connectivity index (χ2v) is 6.53. The molecule has 2 nitrogen and oxygen atoms in total. The van der Waals surface area contributed by atoms with E-state index in [0.29, 0.717) is 0 Å². The number of benzene rings is 1. The second kappa shape index (κ2) is 7.53. The highest BCUT2D eigenvalue weighted by Gasteiger charge is 2.32. The van der Waals surface area contributed by atoms with Crippen LogP contribution in [0, 0.1) is 5.92 Å². The van der Waals surface area contributed by atoms with Crippen molar-refractivity contribution in [3.63, 3.8) is 0 Å². The molecule has 2 aliphatic rings. The summed E-state index contributed by atoms with van der Waals surface area (Å²) in [4.78, 5) is 4.05. The van der Waals surface area contributed by atoms with Crippen LogP contribution in [0.3, 0.4) is 0 Å². The summed E-state index contributed by atoms with van der Waals surface area (Å²) in [6.45, 7) is 5.07. The smallest absolute Gasteiger partial charge is 0.0120 e. The summed E-state index contributed by atoms with van der Waals surface area (Å²) in [5.41, 5.74) is 0. The van der Waals surface area contributed by atoms with Gasteiger partial charge in [0.1, 0.15) is 0 Å². The molecule has 0 saturated carbocycles. The zero-order chi connectivity index (χ0) is 12.2. The topological polar surface area (TPSA) is 15.3 Å². The van der Waals surface area contributed by atoms with Crippen LogP contribution in [0.5, 0.6) is 0 Å². The quantitative estimate of drug-likeness (QED) is 0.861. The standard InChI is InChI=1S/C15H22N2S.ClH/c1-2-4-14(5-3-1)18-11-10-17-9-7-15-13(12-17)6-8-16-15;/h1-5,13,15-16H,6-12H2;1H. The lowest BCUT2D eigenvalue weighted by molar-refractivity contribution is 0.171. The summed E-state index contributed by atoms with van der Waals surface area (Å²) in [5.74, 6) is 2.13. The highest BCUT2D eigenvalue weighted by atomic mass is 35.5. The van der Waals surface area contributed by atoms with Crippen LogP contribution in [-0.2, 0) is 0 Å². The number of nitrogens with zero attached hydrogens (tertiary/aromatic N) is 1. The van der Waals surface area contributed by atoms with Crippen LogP contribution in [0.2, 0.25) is 0 Å². The maximum absolute atomic E-state index is 3.63. The van der Waals surface area contributed by atoms with Crippen molar-refractivity contribution in [3.8, 4) is 0 Å². The molecule has 106 valence electrons. The molecule has 2 fully saturated rings. The van der Waals surface area contributed by atoms with Crippen molar-refractivity contribution >= 4 is 24.2 Å². The van der Waals surface area contributed by atoms with Crippen LogP contribution in [-0.4, -0.2) is 42.9 Å². The van der Waals surface area contributed by atoms with Gasteiger partial charge in [-0.15, -0.1) is 24.2 Å². The van der Waals surface area contributed by atoms with Gasteiger partial charge in [-0.3, -0.25) is 0 Å². The normalized spacial score (nSPS) is 26.7. The van der Waals surface area contributed by atoms with E-state index >= 15 is 0 Å². The Bertz CT molecular complexity index is 374. The third-order valence-electron chi connectivity index (χ3n) is 4.16. The fraction of sp³-hybridized carbons (Fsp3) is 0.600. The number of rotatable bonds is 4. The molecule has 0 radical (unpaired) electrons. The van der Waals surface area contributed by atoms with Gasteiger partial charge >= 0.3 is 0 Å². The van der Waals surface area contributed by atoms with Crippen LogP contribution in [0.15, 0.2) is 35.2 Å². The van der Waals surface area contributed by atoms with Gasteiger partial charge in [0.05, 0.1) is 0 Å². The van der Waals surface area contributed by atoms with E-state index in [1.165, 1.54) is 49.7 Å². The van der Waals surface area contributed by atoms with Gasteiger partial charge in [-0.05, 0) is 44.0 Å². The van der Waals surface area contributed by atoms with Crippen molar-refractivity contribution in [2.24, 2.45) is 5.92 Å². The average molecular weight is 299 g/mol. The number of fused-ring (bicyclic) bond motifs is 1. The van der Waals surface area contributed by atoms with Gasteiger partial charge in [0.2, 0.25) is 0 Å². The maximum Gasteiger partial charge on any atom is 0.0120 e. The Morgan fingerprint density at radius 1 is 1.21 bits per heavy atom. The van der Waals surface area contributed by atoms with E-state index in [1.807, 2.05) is 11.8 Å². The molecule has 1 aromatic rings. The van der Waals surface area contributed by atoms with E-state index in [0.717, 1.165) is 12.0 Å². The zero-order valence-corrected chi connectivity index (χ0v) is 12.9. The van der Waals surface area contributed by atoms with Gasteiger partial charge < -0.3 is 10.2 Å². The minimum absolute atomic E-state index is 0. The molecule has 2 unspecified atom stereocenters. The molecule has 0 amide bonds. The number of nitrogens with one attached hydrogen (secondary N) is 1. The molecule has 0 aromatic heterocycles. The molecule has 0 bridgehead atoms. The molecule has 0 aliphatic carbocycles. The number of piperidine rings is 1. The van der Waals surface area contributed by atoms with E-state index in [-0.39, 0.29) is 12.4 Å². The fourth-order valence-corrected chi connectivity index (χ4v) is 4.07. The Labute approximate surface area is 126 Å². The van der Waals surface area contributed by atoms with Crippen LogP contribution < -0.4 is 5.32 Å². The van der Waals surface area contributed by atoms with E-state index in [9.17, 15) is 0 Å². The molecule has 2 heterocycles. The van der Waals surface area contributed by atoms with Gasteiger partial charge in [0, 0.05) is 29.8 Å². The van der Waals surface area contributed by atoms with Crippen molar-refractivity contribution in [1.82, 2.24) is 10.2 Å². The first-order chi connectivity index (χ1) is 8.92. The predicted molar refractivity (Wildman–Crippen MR) is 85.4 cm³/mol. The first-order valence-corrected chi connectivity index (χ1v) is 8.04. The first kappa shape index (κ1) is 15.2. The van der Waals surface area contributed by atoms with Crippen LogP contribution in [0.25, 0.3) is 0 Å². The van der Waals surface area contributed by atoms with Gasteiger partial charge in [-0.2, -0.15) is 0 Å². The van der Waals surface area contributed by atoms with Crippen molar-refractivity contribution in [3.05, 3.63) is 30.3 Å². The highest BCUT2D eigenvalue weighted by molar-refractivity contribution is 7.99. The highest BCUT2D eigenvalue weighted by Crippen LogP contribution is 2.25. The molecule has 0 spiro atoms. The van der Waals surface area contributed by atoms with Gasteiger partial charge in [-0.25, -0.2) is 0 Å². The Balaban J connectivity index is 0.00000133. The summed E-state index contributed by atoms with van der Waals surface area (Å²) >= 11 is 1.98. The van der Waals surface area contributed by atoms with Crippen molar-refractivity contribution in [1.29, 1.82) is 0 Å². The second-order valence-electron chi connectivity index (χ2n) is 5.36. The molecule has 4 heteroatoms. The average Bonchev–Trinajstić information content (AvgIpc) is 2.87. The third kappa shape index (κ3) is 4.12. The number of thioether (sulfide) groups is 1. The summed E-state index contributed by atoms with van der Waals surface area (Å²) in [7, 11) is 0. The summed E-state index contributed by atoms with van der Waals surface area (Å²) in [6, 6.07) is 11.6. The molecular weight excluding hydrogens is 276 g/mol. The monoisotopic (exact) mass is 298 g/mol. The summed E-state index contributed by atoms with van der Waals surface area (Å²) in [5, 5.41) is 3.63. The third-order valence-corrected chi connectivity index (χ3v) is 5.15. The lowest BCUT2D eigenvalue weighted by Crippen LogP contribution is -2.45. The fourth-order valence-electron chi connectivity index (χ4n) is 3.14. The van der Waals surface area contributed by atoms with Crippen LogP contribution in [0.4, 0.5) is 0 Å². The predicted octanol–water partition coefficient (Wildman–Crippen LogP) is 2.88. The van der Waals surface area contributed by atoms with E-state index in [2.05, 4.69) is 40.5 Å². The molecule has 2 saturated heterocycles. The van der Waals surface area contributed by atoms with Crippen molar-refractivity contribution in [2.75, 3.05) is 31.9 Å².